The Hall–Kier alpha value is -2.78. The molecule has 2 aliphatic rings. The molecule has 9 heteroatoms. The molecule has 0 unspecified atom stereocenters. The molecule has 2 N–H and O–H groups in total. The molecule has 2 aromatic carbocycles. The van der Waals surface area contributed by atoms with Crippen molar-refractivity contribution >= 4 is 21.6 Å². The van der Waals surface area contributed by atoms with E-state index in [1.165, 1.54) is 0 Å². The average Bonchev–Trinajstić information content (AvgIpc) is 3.21. The fourth-order valence-corrected chi connectivity index (χ4v) is 4.60. The van der Waals surface area contributed by atoms with Gasteiger partial charge in [-0.3, -0.25) is 9.52 Å². The van der Waals surface area contributed by atoms with E-state index in [9.17, 15) is 13.2 Å². The molecule has 4 rings (SSSR count). The number of hydrogen-bond donors (Lipinski definition) is 2. The zero-order valence-electron chi connectivity index (χ0n) is 17.6. The highest BCUT2D eigenvalue weighted by Crippen LogP contribution is 2.40. The summed E-state index contributed by atoms with van der Waals surface area (Å²) in [5, 5.41) is 3.04. The summed E-state index contributed by atoms with van der Waals surface area (Å²) < 4.78 is 42.2. The fourth-order valence-electron chi connectivity index (χ4n) is 3.98. The number of rotatable bonds is 6. The Morgan fingerprint density at radius 2 is 1.81 bits per heavy atom. The van der Waals surface area contributed by atoms with Crippen LogP contribution in [-0.4, -0.2) is 47.1 Å². The number of fused-ring (bicyclic) bond motifs is 1. The van der Waals surface area contributed by atoms with E-state index in [0.29, 0.717) is 36.8 Å². The van der Waals surface area contributed by atoms with Crippen molar-refractivity contribution in [2.75, 3.05) is 37.5 Å². The van der Waals surface area contributed by atoms with Gasteiger partial charge in [0.25, 0.3) is 5.91 Å². The van der Waals surface area contributed by atoms with E-state index in [2.05, 4.69) is 10.0 Å². The lowest BCUT2D eigenvalue weighted by Gasteiger charge is -2.38. The minimum Gasteiger partial charge on any atom is -0.454 e. The Labute approximate surface area is 181 Å². The van der Waals surface area contributed by atoms with Gasteiger partial charge in [0.2, 0.25) is 16.8 Å². The first-order valence-corrected chi connectivity index (χ1v) is 12.0. The quantitative estimate of drug-likeness (QED) is 0.707. The first-order valence-electron chi connectivity index (χ1n) is 10.1. The maximum atomic E-state index is 12.9. The van der Waals surface area contributed by atoms with E-state index < -0.39 is 10.0 Å². The van der Waals surface area contributed by atoms with Crippen LogP contribution in [-0.2, 0) is 20.2 Å². The number of sulfonamides is 1. The van der Waals surface area contributed by atoms with Crippen LogP contribution in [0.3, 0.4) is 0 Å². The van der Waals surface area contributed by atoms with Crippen LogP contribution >= 0.6 is 0 Å². The van der Waals surface area contributed by atoms with Crippen LogP contribution in [0.15, 0.2) is 36.4 Å². The van der Waals surface area contributed by atoms with E-state index >= 15 is 0 Å². The second kappa shape index (κ2) is 8.39. The average molecular weight is 447 g/mol. The highest BCUT2D eigenvalue weighted by atomic mass is 32.2. The molecule has 2 heterocycles. The number of aryl methyl sites for hydroxylation is 1. The number of carbonyl (C=O) groups excluding carboxylic acids is 1. The lowest BCUT2D eigenvalue weighted by molar-refractivity contribution is 0.0486. The topological polar surface area (TPSA) is 103 Å². The highest BCUT2D eigenvalue weighted by Gasteiger charge is 2.36. The summed E-state index contributed by atoms with van der Waals surface area (Å²) in [5.74, 6) is 1.17. The number of anilines is 1. The lowest BCUT2D eigenvalue weighted by Crippen LogP contribution is -2.44. The van der Waals surface area contributed by atoms with Gasteiger partial charge in [-0.25, -0.2) is 8.42 Å². The van der Waals surface area contributed by atoms with Gasteiger partial charge in [-0.15, -0.1) is 0 Å². The minimum atomic E-state index is -3.44. The summed E-state index contributed by atoms with van der Waals surface area (Å²) >= 11 is 0. The summed E-state index contributed by atoms with van der Waals surface area (Å²) in [4.78, 5) is 12.9. The summed E-state index contributed by atoms with van der Waals surface area (Å²) in [6, 6.07) is 10.9. The molecule has 0 spiro atoms. The molecule has 2 aliphatic heterocycles. The van der Waals surface area contributed by atoms with Crippen molar-refractivity contribution in [1.82, 2.24) is 5.32 Å². The lowest BCUT2D eigenvalue weighted by atomic mass is 9.74. The molecule has 8 nitrogen and oxygen atoms in total. The molecule has 0 saturated carbocycles. The molecule has 166 valence electrons. The van der Waals surface area contributed by atoms with Crippen LogP contribution in [0, 0.1) is 6.92 Å². The number of benzene rings is 2. The van der Waals surface area contributed by atoms with Gasteiger partial charge in [-0.05, 0) is 55.2 Å². The van der Waals surface area contributed by atoms with Crippen molar-refractivity contribution in [3.63, 3.8) is 0 Å². The Kier molecular flexibility index (Phi) is 5.81. The van der Waals surface area contributed by atoms with Gasteiger partial charge in [-0.2, -0.15) is 0 Å². The predicted octanol–water partition coefficient (Wildman–Crippen LogP) is 2.57. The normalized spacial score (nSPS) is 17.2. The van der Waals surface area contributed by atoms with Crippen molar-refractivity contribution in [1.29, 1.82) is 0 Å². The van der Waals surface area contributed by atoms with Crippen molar-refractivity contribution in [3.05, 3.63) is 53.1 Å². The Morgan fingerprint density at radius 3 is 2.55 bits per heavy atom. The monoisotopic (exact) mass is 446 g/mol. The third kappa shape index (κ3) is 4.77. The second-order valence-corrected chi connectivity index (χ2v) is 9.80. The predicted molar refractivity (Wildman–Crippen MR) is 116 cm³/mol. The zero-order chi connectivity index (χ0) is 22.1. The summed E-state index contributed by atoms with van der Waals surface area (Å²) in [5.41, 5.74) is 2.32. The Balaban J connectivity index is 1.54. The van der Waals surface area contributed by atoms with Crippen LogP contribution in [0.1, 0.15) is 34.3 Å². The van der Waals surface area contributed by atoms with Crippen LogP contribution in [0.4, 0.5) is 5.69 Å². The molecule has 31 heavy (non-hydrogen) atoms. The summed E-state index contributed by atoms with van der Waals surface area (Å²) in [6.07, 6.45) is 2.61. The van der Waals surface area contributed by atoms with E-state index in [0.717, 1.165) is 36.0 Å². The molecule has 0 bridgehead atoms. The molecule has 0 aliphatic carbocycles. The van der Waals surface area contributed by atoms with Crippen LogP contribution in [0.5, 0.6) is 11.5 Å². The molecule has 1 fully saturated rings. The van der Waals surface area contributed by atoms with E-state index in [4.69, 9.17) is 14.2 Å². The van der Waals surface area contributed by atoms with Crippen LogP contribution in [0.25, 0.3) is 0 Å². The zero-order valence-corrected chi connectivity index (χ0v) is 18.4. The summed E-state index contributed by atoms with van der Waals surface area (Å²) in [6.45, 7) is 3.64. The van der Waals surface area contributed by atoms with E-state index in [1.807, 2.05) is 18.2 Å². The first-order chi connectivity index (χ1) is 14.8. The minimum absolute atomic E-state index is 0.211. The number of hydrogen-bond acceptors (Lipinski definition) is 6. The van der Waals surface area contributed by atoms with Crippen LogP contribution in [0.2, 0.25) is 0 Å². The molecular formula is C22H26N2O6S. The molecule has 1 amide bonds. The number of carbonyl (C=O) groups is 1. The number of ether oxygens (including phenoxy) is 3. The van der Waals surface area contributed by atoms with Crippen molar-refractivity contribution in [3.8, 4) is 11.5 Å². The number of amides is 1. The largest absolute Gasteiger partial charge is 0.454 e. The van der Waals surface area contributed by atoms with Gasteiger partial charge in [0.1, 0.15) is 0 Å². The van der Waals surface area contributed by atoms with Gasteiger partial charge < -0.3 is 19.5 Å². The van der Waals surface area contributed by atoms with Gasteiger partial charge in [0.15, 0.2) is 11.5 Å². The SMILES string of the molecule is Cc1ccc(C(=O)NCC2(c3ccc4c(c3)OCO4)CCOCC2)cc1NS(C)(=O)=O. The maximum Gasteiger partial charge on any atom is 0.251 e. The molecule has 1 saturated heterocycles. The van der Waals surface area contributed by atoms with Gasteiger partial charge in [-0.1, -0.05) is 12.1 Å². The van der Waals surface area contributed by atoms with Gasteiger partial charge in [0.05, 0.1) is 11.9 Å². The molecule has 2 aromatic rings. The maximum absolute atomic E-state index is 12.9. The molecule has 0 atom stereocenters. The van der Waals surface area contributed by atoms with Crippen molar-refractivity contribution < 1.29 is 27.4 Å². The molecule has 0 radical (unpaired) electrons. The van der Waals surface area contributed by atoms with Crippen LogP contribution < -0.4 is 19.5 Å². The second-order valence-electron chi connectivity index (χ2n) is 8.05. The smallest absolute Gasteiger partial charge is 0.251 e. The first kappa shape index (κ1) is 21.5. The highest BCUT2D eigenvalue weighted by molar-refractivity contribution is 7.92. The fraction of sp³-hybridized carbons (Fsp3) is 0.409. The third-order valence-corrected chi connectivity index (χ3v) is 6.41. The Morgan fingerprint density at radius 1 is 1.06 bits per heavy atom. The van der Waals surface area contributed by atoms with E-state index in [-0.39, 0.29) is 18.1 Å². The van der Waals surface area contributed by atoms with Crippen molar-refractivity contribution in [2.45, 2.75) is 25.2 Å². The standard InChI is InChI=1S/C22H26N2O6S/c1-15-3-4-16(11-18(15)24-31(2,26)27)21(25)23-13-22(7-9-28-10-8-22)17-5-6-19-20(12-17)30-14-29-19/h3-6,11-12,24H,7-10,13-14H2,1-2H3,(H,23,25). The van der Waals surface area contributed by atoms with Gasteiger partial charge in [0, 0.05) is 30.7 Å². The number of nitrogens with one attached hydrogen (secondary N) is 2. The molecule has 0 aromatic heterocycles. The summed E-state index contributed by atoms with van der Waals surface area (Å²) in [7, 11) is -3.44. The Bertz CT molecular complexity index is 1090. The van der Waals surface area contributed by atoms with Gasteiger partial charge >= 0.3 is 0 Å². The van der Waals surface area contributed by atoms with E-state index in [1.54, 1.807) is 25.1 Å². The molecular weight excluding hydrogens is 420 g/mol. The third-order valence-electron chi connectivity index (χ3n) is 5.82. The van der Waals surface area contributed by atoms with Crippen molar-refractivity contribution in [2.24, 2.45) is 0 Å².